The van der Waals surface area contributed by atoms with Gasteiger partial charge in [0.25, 0.3) is 5.91 Å². The summed E-state index contributed by atoms with van der Waals surface area (Å²) < 4.78 is 0. The molecule has 2 atom stereocenters. The molecule has 3 nitrogen and oxygen atoms in total. The Morgan fingerprint density at radius 2 is 2.06 bits per heavy atom. The molecule has 2 unspecified atom stereocenters. The average molecular weight is 230 g/mol. The molecule has 0 aliphatic heterocycles. The third-order valence-corrected chi connectivity index (χ3v) is 3.31. The number of rotatable bonds is 3. The van der Waals surface area contributed by atoms with E-state index in [1.807, 2.05) is 30.3 Å². The highest BCUT2D eigenvalue weighted by Gasteiger charge is 2.32. The maximum absolute atomic E-state index is 12.0. The smallest absolute Gasteiger partial charge is 0.250 e. The molecule has 17 heavy (non-hydrogen) atoms. The van der Waals surface area contributed by atoms with Crippen LogP contribution in [0.3, 0.4) is 0 Å². The second kappa shape index (κ2) is 5.15. The van der Waals surface area contributed by atoms with E-state index in [0.717, 1.165) is 24.9 Å². The van der Waals surface area contributed by atoms with Gasteiger partial charge in [0.2, 0.25) is 0 Å². The molecule has 0 heterocycles. The molecule has 1 saturated carbocycles. The zero-order valence-electron chi connectivity index (χ0n) is 9.88. The van der Waals surface area contributed by atoms with Gasteiger partial charge in [-0.1, -0.05) is 24.8 Å². The summed E-state index contributed by atoms with van der Waals surface area (Å²) in [6.07, 6.45) is 4.39. The van der Waals surface area contributed by atoms with Crippen LogP contribution in [0.1, 0.15) is 19.3 Å². The first-order chi connectivity index (χ1) is 8.24. The first kappa shape index (κ1) is 11.9. The molecule has 1 aromatic rings. The predicted molar refractivity (Wildman–Crippen MR) is 69.7 cm³/mol. The lowest BCUT2D eigenvalue weighted by atomic mass is 10.1. The van der Waals surface area contributed by atoms with Crippen molar-refractivity contribution in [1.29, 1.82) is 0 Å². The van der Waals surface area contributed by atoms with Crippen LogP contribution in [0.5, 0.6) is 0 Å². The summed E-state index contributed by atoms with van der Waals surface area (Å²) in [6, 6.07) is 9.84. The largest absolute Gasteiger partial charge is 0.326 e. The van der Waals surface area contributed by atoms with Gasteiger partial charge in [0.15, 0.2) is 0 Å². The van der Waals surface area contributed by atoms with Crippen molar-refractivity contribution < 1.29 is 4.79 Å². The van der Waals surface area contributed by atoms with Crippen LogP contribution in [0.2, 0.25) is 0 Å². The molecule has 2 N–H and O–H groups in total. The van der Waals surface area contributed by atoms with Crippen molar-refractivity contribution in [3.05, 3.63) is 43.0 Å². The Balaban J connectivity index is 2.31. The first-order valence-electron chi connectivity index (χ1n) is 6.00. The van der Waals surface area contributed by atoms with Crippen LogP contribution in [0.25, 0.3) is 0 Å². The number of carbonyl (C=O) groups excluding carboxylic acids is 1. The van der Waals surface area contributed by atoms with Crippen LogP contribution in [-0.2, 0) is 4.79 Å². The predicted octanol–water partition coefficient (Wildman–Crippen LogP) is 2.09. The SMILES string of the molecule is C=CC(=O)N(c1ccccc1)C1CCCC1N. The van der Waals surface area contributed by atoms with Crippen LogP contribution < -0.4 is 10.6 Å². The fourth-order valence-corrected chi connectivity index (χ4v) is 2.46. The fourth-order valence-electron chi connectivity index (χ4n) is 2.46. The standard InChI is InChI=1S/C14H18N2O/c1-2-14(17)16(11-7-4-3-5-8-11)13-10-6-9-12(13)15/h2-5,7-8,12-13H,1,6,9-10,15H2. The molecule has 1 amide bonds. The second-order valence-electron chi connectivity index (χ2n) is 4.41. The molecule has 0 bridgehead atoms. The number of anilines is 1. The summed E-state index contributed by atoms with van der Waals surface area (Å²) in [5.41, 5.74) is 6.98. The number of benzene rings is 1. The highest BCUT2D eigenvalue weighted by molar-refractivity contribution is 6.01. The van der Waals surface area contributed by atoms with Crippen LogP contribution in [0.15, 0.2) is 43.0 Å². The number of nitrogens with zero attached hydrogens (tertiary/aromatic N) is 1. The summed E-state index contributed by atoms with van der Waals surface area (Å²) in [6.45, 7) is 3.57. The number of carbonyl (C=O) groups is 1. The van der Waals surface area contributed by atoms with Crippen molar-refractivity contribution in [1.82, 2.24) is 0 Å². The molecule has 1 aliphatic rings. The van der Waals surface area contributed by atoms with Gasteiger partial charge in [-0.05, 0) is 37.5 Å². The van der Waals surface area contributed by atoms with Crippen molar-refractivity contribution in [3.8, 4) is 0 Å². The Labute approximate surface area is 102 Å². The van der Waals surface area contributed by atoms with Crippen LogP contribution >= 0.6 is 0 Å². The van der Waals surface area contributed by atoms with E-state index in [4.69, 9.17) is 5.73 Å². The Morgan fingerprint density at radius 1 is 1.35 bits per heavy atom. The zero-order chi connectivity index (χ0) is 12.3. The van der Waals surface area contributed by atoms with E-state index in [1.165, 1.54) is 6.08 Å². The number of hydrogen-bond acceptors (Lipinski definition) is 2. The third-order valence-electron chi connectivity index (χ3n) is 3.31. The molecule has 0 radical (unpaired) electrons. The van der Waals surface area contributed by atoms with Crippen molar-refractivity contribution in [2.24, 2.45) is 5.73 Å². The quantitative estimate of drug-likeness (QED) is 0.808. The normalized spacial score (nSPS) is 23.4. The van der Waals surface area contributed by atoms with Crippen LogP contribution in [0, 0.1) is 0 Å². The van der Waals surface area contributed by atoms with Crippen molar-refractivity contribution in [3.63, 3.8) is 0 Å². The average Bonchev–Trinajstić information content (AvgIpc) is 2.77. The van der Waals surface area contributed by atoms with Gasteiger partial charge in [0.1, 0.15) is 0 Å². The number of amides is 1. The molecular weight excluding hydrogens is 212 g/mol. The van der Waals surface area contributed by atoms with E-state index in [2.05, 4.69) is 6.58 Å². The van der Waals surface area contributed by atoms with Gasteiger partial charge in [0.05, 0.1) is 6.04 Å². The molecule has 90 valence electrons. The van der Waals surface area contributed by atoms with E-state index in [9.17, 15) is 4.79 Å². The zero-order valence-corrected chi connectivity index (χ0v) is 9.88. The lowest BCUT2D eigenvalue weighted by molar-refractivity contribution is -0.114. The van der Waals surface area contributed by atoms with E-state index >= 15 is 0 Å². The van der Waals surface area contributed by atoms with E-state index in [1.54, 1.807) is 4.90 Å². The maximum atomic E-state index is 12.0. The minimum absolute atomic E-state index is 0.0686. The third kappa shape index (κ3) is 2.39. The van der Waals surface area contributed by atoms with Crippen LogP contribution in [-0.4, -0.2) is 18.0 Å². The molecular formula is C14H18N2O. The lowest BCUT2D eigenvalue weighted by Gasteiger charge is -2.30. The highest BCUT2D eigenvalue weighted by atomic mass is 16.2. The van der Waals surface area contributed by atoms with Gasteiger partial charge in [-0.3, -0.25) is 4.79 Å². The molecule has 1 aromatic carbocycles. The van der Waals surface area contributed by atoms with Gasteiger partial charge < -0.3 is 10.6 Å². The summed E-state index contributed by atoms with van der Waals surface area (Å²) in [5.74, 6) is -0.0708. The van der Waals surface area contributed by atoms with E-state index in [0.29, 0.717) is 0 Å². The summed E-state index contributed by atoms with van der Waals surface area (Å²) in [5, 5.41) is 0. The molecule has 0 aromatic heterocycles. The Hall–Kier alpha value is -1.61. The van der Waals surface area contributed by atoms with Crippen molar-refractivity contribution in [2.45, 2.75) is 31.3 Å². The molecule has 1 fully saturated rings. The van der Waals surface area contributed by atoms with E-state index in [-0.39, 0.29) is 18.0 Å². The van der Waals surface area contributed by atoms with Crippen molar-refractivity contribution in [2.75, 3.05) is 4.90 Å². The van der Waals surface area contributed by atoms with E-state index < -0.39 is 0 Å². The fraction of sp³-hybridized carbons (Fsp3) is 0.357. The lowest BCUT2D eigenvalue weighted by Crippen LogP contribution is -2.47. The van der Waals surface area contributed by atoms with Crippen LogP contribution in [0.4, 0.5) is 5.69 Å². The summed E-state index contributed by atoms with van der Waals surface area (Å²) in [7, 11) is 0. The summed E-state index contributed by atoms with van der Waals surface area (Å²) in [4.78, 5) is 13.8. The minimum Gasteiger partial charge on any atom is -0.326 e. The number of hydrogen-bond donors (Lipinski definition) is 1. The Kier molecular flexibility index (Phi) is 3.59. The maximum Gasteiger partial charge on any atom is 0.250 e. The molecule has 3 heteroatoms. The van der Waals surface area contributed by atoms with Gasteiger partial charge >= 0.3 is 0 Å². The minimum atomic E-state index is -0.0708. The Morgan fingerprint density at radius 3 is 2.59 bits per heavy atom. The van der Waals surface area contributed by atoms with Gasteiger partial charge in [-0.15, -0.1) is 0 Å². The first-order valence-corrected chi connectivity index (χ1v) is 6.00. The monoisotopic (exact) mass is 230 g/mol. The highest BCUT2D eigenvalue weighted by Crippen LogP contribution is 2.27. The van der Waals surface area contributed by atoms with Gasteiger partial charge in [-0.25, -0.2) is 0 Å². The molecule has 0 spiro atoms. The van der Waals surface area contributed by atoms with Crippen molar-refractivity contribution >= 4 is 11.6 Å². The molecule has 2 rings (SSSR count). The topological polar surface area (TPSA) is 46.3 Å². The molecule has 1 aliphatic carbocycles. The number of para-hydroxylation sites is 1. The second-order valence-corrected chi connectivity index (χ2v) is 4.41. The summed E-state index contributed by atoms with van der Waals surface area (Å²) >= 11 is 0. The molecule has 0 saturated heterocycles. The Bertz CT molecular complexity index is 402. The number of nitrogens with two attached hydrogens (primary N) is 1. The van der Waals surface area contributed by atoms with Gasteiger partial charge in [0, 0.05) is 11.7 Å². The van der Waals surface area contributed by atoms with Gasteiger partial charge in [-0.2, -0.15) is 0 Å².